The van der Waals surface area contributed by atoms with Crippen LogP contribution in [0.1, 0.15) is 26.2 Å². The van der Waals surface area contributed by atoms with Crippen molar-refractivity contribution < 1.29 is 17.6 Å². The molecule has 1 fully saturated rings. The molecule has 0 aliphatic carbocycles. The third-order valence-corrected chi connectivity index (χ3v) is 5.77. The lowest BCUT2D eigenvalue weighted by Gasteiger charge is -2.34. The number of benzene rings is 1. The molecule has 6 nitrogen and oxygen atoms in total. The maximum absolute atomic E-state index is 12.8. The molecular weight excluding hydrogens is 369 g/mol. The Morgan fingerprint density at radius 3 is 2.44 bits per heavy atom. The molecule has 0 spiro atoms. The first-order valence-electron chi connectivity index (χ1n) is 8.03. The molecule has 0 aromatic heterocycles. The van der Waals surface area contributed by atoms with E-state index in [0.717, 1.165) is 38.1 Å². The van der Waals surface area contributed by atoms with Gasteiger partial charge in [-0.25, -0.2) is 17.5 Å². The van der Waals surface area contributed by atoms with E-state index < -0.39 is 15.8 Å². The molecule has 9 heteroatoms. The monoisotopic (exact) mass is 393 g/mol. The van der Waals surface area contributed by atoms with Crippen LogP contribution >= 0.6 is 12.4 Å². The zero-order valence-corrected chi connectivity index (χ0v) is 15.8. The van der Waals surface area contributed by atoms with Gasteiger partial charge < -0.3 is 10.6 Å². The van der Waals surface area contributed by atoms with E-state index in [0.29, 0.717) is 6.54 Å². The lowest BCUT2D eigenvalue weighted by atomic mass is 9.81. The Morgan fingerprint density at radius 2 is 1.84 bits per heavy atom. The van der Waals surface area contributed by atoms with Crippen LogP contribution in [0.15, 0.2) is 29.2 Å². The van der Waals surface area contributed by atoms with Crippen molar-refractivity contribution in [2.75, 3.05) is 26.2 Å². The summed E-state index contributed by atoms with van der Waals surface area (Å²) in [6, 6.07) is 4.55. The number of piperidine rings is 1. The highest BCUT2D eigenvalue weighted by atomic mass is 35.5. The summed E-state index contributed by atoms with van der Waals surface area (Å²) in [5, 5.41) is 6.16. The summed E-state index contributed by atoms with van der Waals surface area (Å²) in [5.74, 6) is -0.684. The van der Waals surface area contributed by atoms with Crippen LogP contribution in [0.25, 0.3) is 0 Å². The molecule has 1 saturated heterocycles. The van der Waals surface area contributed by atoms with Crippen LogP contribution in [-0.4, -0.2) is 40.5 Å². The van der Waals surface area contributed by atoms with Gasteiger partial charge in [0.1, 0.15) is 5.82 Å². The molecule has 1 aliphatic heterocycles. The van der Waals surface area contributed by atoms with Crippen LogP contribution in [0, 0.1) is 11.2 Å². The van der Waals surface area contributed by atoms with Gasteiger partial charge in [-0.1, -0.05) is 6.92 Å². The van der Waals surface area contributed by atoms with Gasteiger partial charge in [0.25, 0.3) is 0 Å². The summed E-state index contributed by atoms with van der Waals surface area (Å²) in [5.41, 5.74) is 0.0918. The molecule has 1 aromatic carbocycles. The molecule has 142 valence electrons. The van der Waals surface area contributed by atoms with E-state index >= 15 is 0 Å². The average Bonchev–Trinajstić information content (AvgIpc) is 2.54. The maximum Gasteiger partial charge on any atom is 0.240 e. The van der Waals surface area contributed by atoms with Crippen LogP contribution in [0.3, 0.4) is 0 Å². The van der Waals surface area contributed by atoms with Crippen molar-refractivity contribution in [2.24, 2.45) is 5.41 Å². The van der Waals surface area contributed by atoms with E-state index in [-0.39, 0.29) is 41.6 Å². The second-order valence-corrected chi connectivity index (χ2v) is 8.21. The topological polar surface area (TPSA) is 87.3 Å². The molecule has 25 heavy (non-hydrogen) atoms. The molecule has 0 radical (unpaired) electrons. The van der Waals surface area contributed by atoms with E-state index in [1.54, 1.807) is 0 Å². The zero-order chi connectivity index (χ0) is 17.6. The first-order valence-corrected chi connectivity index (χ1v) is 9.52. The third-order valence-electron chi connectivity index (χ3n) is 4.29. The zero-order valence-electron chi connectivity index (χ0n) is 14.2. The fourth-order valence-electron chi connectivity index (χ4n) is 2.60. The second kappa shape index (κ2) is 9.47. The molecule has 0 bridgehead atoms. The SMILES string of the molecule is CC1(CNC(=O)CCNS(=O)(=O)c2ccc(F)cc2)CCNCC1.Cl. The molecule has 0 atom stereocenters. The summed E-state index contributed by atoms with van der Waals surface area (Å²) in [7, 11) is -3.73. The standard InChI is InChI=1S/C16H24FN3O3S.ClH/c1-16(7-10-18-11-8-16)12-19-15(21)6-9-20-24(22,23)14-4-2-13(17)3-5-14;/h2-5,18,20H,6-12H2,1H3,(H,19,21);1H. The van der Waals surface area contributed by atoms with E-state index in [9.17, 15) is 17.6 Å². The largest absolute Gasteiger partial charge is 0.356 e. The number of carbonyl (C=O) groups excluding carboxylic acids is 1. The highest BCUT2D eigenvalue weighted by molar-refractivity contribution is 7.89. The number of amides is 1. The normalized spacial score (nSPS) is 16.7. The average molecular weight is 394 g/mol. The van der Waals surface area contributed by atoms with Crippen LogP contribution in [0.4, 0.5) is 4.39 Å². The van der Waals surface area contributed by atoms with Crippen molar-refractivity contribution in [3.8, 4) is 0 Å². The fraction of sp³-hybridized carbons (Fsp3) is 0.562. The predicted octanol–water partition coefficient (Wildman–Crippen LogP) is 1.42. The van der Waals surface area contributed by atoms with E-state index in [2.05, 4.69) is 22.3 Å². The van der Waals surface area contributed by atoms with Crippen LogP contribution in [0.5, 0.6) is 0 Å². The smallest absolute Gasteiger partial charge is 0.240 e. The van der Waals surface area contributed by atoms with Crippen LogP contribution in [0.2, 0.25) is 0 Å². The molecule has 2 rings (SSSR count). The van der Waals surface area contributed by atoms with Crippen LogP contribution in [-0.2, 0) is 14.8 Å². The summed E-state index contributed by atoms with van der Waals surface area (Å²) in [4.78, 5) is 11.9. The van der Waals surface area contributed by atoms with Gasteiger partial charge in [-0.05, 0) is 55.6 Å². The minimum atomic E-state index is -3.73. The molecule has 1 heterocycles. The Hall–Kier alpha value is -1.22. The van der Waals surface area contributed by atoms with Crippen molar-refractivity contribution in [1.29, 1.82) is 0 Å². The number of hydrogen-bond acceptors (Lipinski definition) is 4. The molecule has 1 aromatic rings. The van der Waals surface area contributed by atoms with Crippen molar-refractivity contribution in [2.45, 2.75) is 31.1 Å². The summed E-state index contributed by atoms with van der Waals surface area (Å²) in [6.07, 6.45) is 2.07. The van der Waals surface area contributed by atoms with Crippen molar-refractivity contribution in [3.63, 3.8) is 0 Å². The second-order valence-electron chi connectivity index (χ2n) is 6.44. The van der Waals surface area contributed by atoms with Gasteiger partial charge in [0.15, 0.2) is 0 Å². The summed E-state index contributed by atoms with van der Waals surface area (Å²) >= 11 is 0. The van der Waals surface area contributed by atoms with Gasteiger partial charge in [-0.2, -0.15) is 0 Å². The minimum absolute atomic E-state index is 0. The van der Waals surface area contributed by atoms with Crippen LogP contribution < -0.4 is 15.4 Å². The van der Waals surface area contributed by atoms with Crippen molar-refractivity contribution in [1.82, 2.24) is 15.4 Å². The lowest BCUT2D eigenvalue weighted by Crippen LogP contribution is -2.43. The lowest BCUT2D eigenvalue weighted by molar-refractivity contribution is -0.121. The number of rotatable bonds is 7. The van der Waals surface area contributed by atoms with Gasteiger partial charge in [0.2, 0.25) is 15.9 Å². The first-order chi connectivity index (χ1) is 11.3. The molecule has 1 amide bonds. The molecule has 3 N–H and O–H groups in total. The Kier molecular flexibility index (Phi) is 8.27. The number of nitrogens with one attached hydrogen (secondary N) is 3. The van der Waals surface area contributed by atoms with E-state index in [4.69, 9.17) is 0 Å². The van der Waals surface area contributed by atoms with Crippen molar-refractivity contribution >= 4 is 28.3 Å². The molecule has 1 aliphatic rings. The minimum Gasteiger partial charge on any atom is -0.356 e. The van der Waals surface area contributed by atoms with E-state index in [1.807, 2.05) is 0 Å². The predicted molar refractivity (Wildman–Crippen MR) is 96.7 cm³/mol. The summed E-state index contributed by atoms with van der Waals surface area (Å²) < 4.78 is 39.2. The quantitative estimate of drug-likeness (QED) is 0.653. The Morgan fingerprint density at radius 1 is 1.24 bits per heavy atom. The Bertz CT molecular complexity index is 662. The van der Waals surface area contributed by atoms with Gasteiger partial charge >= 0.3 is 0 Å². The van der Waals surface area contributed by atoms with Gasteiger partial charge in [-0.15, -0.1) is 12.4 Å². The van der Waals surface area contributed by atoms with Gasteiger partial charge in [0, 0.05) is 19.5 Å². The number of hydrogen-bond donors (Lipinski definition) is 3. The molecular formula is C16H25ClFN3O3S. The number of carbonyl (C=O) groups is 1. The number of sulfonamides is 1. The molecule has 0 unspecified atom stereocenters. The highest BCUT2D eigenvalue weighted by Gasteiger charge is 2.26. The van der Waals surface area contributed by atoms with Gasteiger partial charge in [0.05, 0.1) is 4.90 Å². The number of halogens is 2. The highest BCUT2D eigenvalue weighted by Crippen LogP contribution is 2.26. The maximum atomic E-state index is 12.8. The Labute approximate surface area is 154 Å². The third kappa shape index (κ3) is 6.89. The molecule has 0 saturated carbocycles. The van der Waals surface area contributed by atoms with Gasteiger partial charge in [-0.3, -0.25) is 4.79 Å². The Balaban J connectivity index is 0.00000312. The summed E-state index contributed by atoms with van der Waals surface area (Å²) in [6.45, 7) is 4.64. The van der Waals surface area contributed by atoms with E-state index in [1.165, 1.54) is 12.1 Å². The first kappa shape index (κ1) is 21.8. The fourth-order valence-corrected chi connectivity index (χ4v) is 3.64. The van der Waals surface area contributed by atoms with Crippen molar-refractivity contribution in [3.05, 3.63) is 30.1 Å².